The minimum Gasteiger partial charge on any atom is -0.493 e. The Hall–Kier alpha value is -4.00. The van der Waals surface area contributed by atoms with Crippen LogP contribution in [0.25, 0.3) is 16.5 Å². The Morgan fingerprint density at radius 3 is 2.66 bits per heavy atom. The van der Waals surface area contributed by atoms with Gasteiger partial charge in [0.1, 0.15) is 28.9 Å². The molecule has 8 nitrogen and oxygen atoms in total. The third-order valence-corrected chi connectivity index (χ3v) is 5.32. The van der Waals surface area contributed by atoms with Crippen LogP contribution in [0.4, 0.5) is 15.8 Å². The van der Waals surface area contributed by atoms with E-state index in [0.717, 1.165) is 6.29 Å². The van der Waals surface area contributed by atoms with E-state index < -0.39 is 11.7 Å². The van der Waals surface area contributed by atoms with Gasteiger partial charge in [-0.2, -0.15) is 5.26 Å². The number of aromatic nitrogens is 1. The van der Waals surface area contributed by atoms with Crippen molar-refractivity contribution in [2.24, 2.45) is 5.73 Å². The van der Waals surface area contributed by atoms with Crippen molar-refractivity contribution in [2.75, 3.05) is 32.6 Å². The predicted molar refractivity (Wildman–Crippen MR) is 133 cm³/mol. The van der Waals surface area contributed by atoms with E-state index in [-0.39, 0.29) is 22.0 Å². The van der Waals surface area contributed by atoms with Gasteiger partial charge in [0.15, 0.2) is 6.29 Å². The Bertz CT molecular complexity index is 1380. The molecule has 0 bridgehead atoms. The fourth-order valence-corrected chi connectivity index (χ4v) is 3.61. The average molecular weight is 496 g/mol. The molecule has 0 saturated carbocycles. The minimum atomic E-state index is -0.898. The third-order valence-electron chi connectivity index (χ3n) is 5.03. The number of pyridine rings is 1. The fraction of sp³-hybridized carbons (Fsp3) is 0.200. The Morgan fingerprint density at radius 2 is 2.09 bits per heavy atom. The lowest BCUT2D eigenvalue weighted by Crippen LogP contribution is -2.17. The van der Waals surface area contributed by atoms with Gasteiger partial charge in [-0.25, -0.2) is 9.37 Å². The summed E-state index contributed by atoms with van der Waals surface area (Å²) in [7, 11) is 3.74. The lowest BCUT2D eigenvalue weighted by atomic mass is 9.98. The number of nitrogens with one attached hydrogen (secondary N) is 1. The second-order valence-corrected chi connectivity index (χ2v) is 8.19. The lowest BCUT2D eigenvalue weighted by molar-refractivity contribution is -0.103. The van der Waals surface area contributed by atoms with Crippen molar-refractivity contribution in [3.8, 4) is 11.8 Å². The summed E-state index contributed by atoms with van der Waals surface area (Å²) < 4.78 is 19.5. The first kappa shape index (κ1) is 25.6. The van der Waals surface area contributed by atoms with Crippen LogP contribution in [-0.4, -0.2) is 49.3 Å². The molecule has 0 radical (unpaired) electrons. The molecule has 0 aliphatic carbocycles. The number of anilines is 2. The van der Waals surface area contributed by atoms with Gasteiger partial charge in [0.2, 0.25) is 0 Å². The molecular weight excluding hydrogens is 473 g/mol. The number of rotatable bonds is 9. The van der Waals surface area contributed by atoms with E-state index in [2.05, 4.69) is 10.3 Å². The molecule has 180 valence electrons. The molecular formula is C25H23ClFN5O3. The highest BCUT2D eigenvalue weighted by molar-refractivity contribution is 6.31. The summed E-state index contributed by atoms with van der Waals surface area (Å²) in [6.07, 6.45) is 2.47. The summed E-state index contributed by atoms with van der Waals surface area (Å²) >= 11 is 5.92. The monoisotopic (exact) mass is 495 g/mol. The SMILES string of the molecule is CCOc1cc2nc(C(N)=O)c(C#N)c(Nc3ccc(F)c(Cl)c3)c2cc1C(C=O)=CCN(C)C. The van der Waals surface area contributed by atoms with E-state index in [0.29, 0.717) is 46.6 Å². The molecule has 0 spiro atoms. The number of primary amides is 1. The number of carbonyl (C=O) groups is 2. The van der Waals surface area contributed by atoms with E-state index >= 15 is 0 Å². The van der Waals surface area contributed by atoms with Gasteiger partial charge >= 0.3 is 0 Å². The van der Waals surface area contributed by atoms with Gasteiger partial charge in [0.25, 0.3) is 5.91 Å². The quantitative estimate of drug-likeness (QED) is 0.335. The van der Waals surface area contributed by atoms with Crippen LogP contribution in [0.15, 0.2) is 36.4 Å². The number of carbonyl (C=O) groups excluding carboxylic acids is 2. The number of fused-ring (bicyclic) bond motifs is 1. The number of nitriles is 1. The summed E-state index contributed by atoms with van der Waals surface area (Å²) in [5, 5.41) is 13.2. The standard InChI is InChI=1S/C25H23ClFN5O3/c1-4-35-22-11-21-17(10-16(22)14(13-33)7-8-32(2)3)23(18(12-28)24(31-21)25(29)34)30-15-5-6-20(27)19(26)9-15/h5-7,9-11,13H,4,8H2,1-3H3,(H2,29,34)(H,30,31). The topological polar surface area (TPSA) is 121 Å². The number of aldehydes is 1. The molecule has 0 atom stereocenters. The molecule has 3 N–H and O–H groups in total. The summed E-state index contributed by atoms with van der Waals surface area (Å²) in [5.74, 6) is -1.13. The number of nitrogens with two attached hydrogens (primary N) is 1. The van der Waals surface area contributed by atoms with Crippen LogP contribution in [-0.2, 0) is 4.79 Å². The Kier molecular flexibility index (Phi) is 8.02. The molecule has 1 heterocycles. The number of nitrogens with zero attached hydrogens (tertiary/aromatic N) is 3. The van der Waals surface area contributed by atoms with E-state index in [9.17, 15) is 19.2 Å². The summed E-state index contributed by atoms with van der Waals surface area (Å²) in [6, 6.07) is 9.15. The van der Waals surface area contributed by atoms with Crippen molar-refractivity contribution in [1.29, 1.82) is 5.26 Å². The van der Waals surface area contributed by atoms with Gasteiger partial charge in [-0.15, -0.1) is 0 Å². The molecule has 0 fully saturated rings. The molecule has 0 aliphatic heterocycles. The van der Waals surface area contributed by atoms with E-state index in [1.165, 1.54) is 18.2 Å². The normalized spacial score (nSPS) is 11.4. The van der Waals surface area contributed by atoms with Crippen molar-refractivity contribution in [3.05, 3.63) is 64.1 Å². The molecule has 3 rings (SSSR count). The molecule has 0 saturated heterocycles. The number of ether oxygens (including phenoxy) is 1. The number of likely N-dealkylation sites (N-methyl/N-ethyl adjacent to an activating group) is 1. The second kappa shape index (κ2) is 11.0. The van der Waals surface area contributed by atoms with Gasteiger partial charge in [-0.05, 0) is 45.3 Å². The highest BCUT2D eigenvalue weighted by Crippen LogP contribution is 2.37. The number of amides is 1. The maximum atomic E-state index is 13.7. The zero-order chi connectivity index (χ0) is 25.7. The summed E-state index contributed by atoms with van der Waals surface area (Å²) in [5.41, 5.74) is 6.89. The summed E-state index contributed by atoms with van der Waals surface area (Å²) in [4.78, 5) is 30.3. The minimum absolute atomic E-state index is 0.106. The van der Waals surface area contributed by atoms with E-state index in [4.69, 9.17) is 22.1 Å². The first-order valence-corrected chi connectivity index (χ1v) is 10.9. The van der Waals surface area contributed by atoms with Crippen LogP contribution in [0.3, 0.4) is 0 Å². The first-order valence-electron chi connectivity index (χ1n) is 10.6. The molecule has 3 aromatic rings. The zero-order valence-electron chi connectivity index (χ0n) is 19.4. The van der Waals surface area contributed by atoms with Crippen LogP contribution >= 0.6 is 11.6 Å². The largest absolute Gasteiger partial charge is 0.493 e. The third kappa shape index (κ3) is 5.57. The Labute approximate surface area is 206 Å². The Morgan fingerprint density at radius 1 is 1.34 bits per heavy atom. The van der Waals surface area contributed by atoms with Gasteiger partial charge in [0.05, 0.1) is 22.8 Å². The van der Waals surface area contributed by atoms with Crippen LogP contribution in [0.5, 0.6) is 5.75 Å². The number of hydrogen-bond acceptors (Lipinski definition) is 7. The van der Waals surface area contributed by atoms with Crippen LogP contribution in [0.2, 0.25) is 5.02 Å². The van der Waals surface area contributed by atoms with Crippen LogP contribution in [0.1, 0.15) is 28.5 Å². The lowest BCUT2D eigenvalue weighted by Gasteiger charge is -2.17. The van der Waals surface area contributed by atoms with E-state index in [1.54, 1.807) is 25.1 Å². The van der Waals surface area contributed by atoms with Crippen molar-refractivity contribution in [3.63, 3.8) is 0 Å². The number of allylic oxidation sites excluding steroid dienone is 1. The maximum absolute atomic E-state index is 13.7. The van der Waals surface area contributed by atoms with Crippen molar-refractivity contribution < 1.29 is 18.7 Å². The molecule has 0 unspecified atom stereocenters. The molecule has 35 heavy (non-hydrogen) atoms. The van der Waals surface area contributed by atoms with Crippen molar-refractivity contribution in [1.82, 2.24) is 9.88 Å². The zero-order valence-corrected chi connectivity index (χ0v) is 20.1. The summed E-state index contributed by atoms with van der Waals surface area (Å²) in [6.45, 7) is 2.61. The molecule has 1 aromatic heterocycles. The van der Waals surface area contributed by atoms with Crippen molar-refractivity contribution in [2.45, 2.75) is 6.92 Å². The first-order chi connectivity index (χ1) is 16.7. The smallest absolute Gasteiger partial charge is 0.268 e. The molecule has 2 aromatic carbocycles. The van der Waals surface area contributed by atoms with Gasteiger partial charge in [0, 0.05) is 34.8 Å². The highest BCUT2D eigenvalue weighted by atomic mass is 35.5. The van der Waals surface area contributed by atoms with Gasteiger partial charge in [-0.3, -0.25) is 9.59 Å². The van der Waals surface area contributed by atoms with Gasteiger partial charge in [-0.1, -0.05) is 17.7 Å². The number of halogens is 2. The molecule has 1 amide bonds. The predicted octanol–water partition coefficient (Wildman–Crippen LogP) is 4.28. The van der Waals surface area contributed by atoms with E-state index in [1.807, 2.05) is 25.1 Å². The molecule has 0 aliphatic rings. The fourth-order valence-electron chi connectivity index (χ4n) is 3.43. The van der Waals surface area contributed by atoms with Crippen LogP contribution < -0.4 is 15.8 Å². The van der Waals surface area contributed by atoms with Crippen molar-refractivity contribution >= 4 is 51.6 Å². The second-order valence-electron chi connectivity index (χ2n) is 7.78. The van der Waals surface area contributed by atoms with Gasteiger partial charge < -0.3 is 20.7 Å². The average Bonchev–Trinajstić information content (AvgIpc) is 2.81. The van der Waals surface area contributed by atoms with Crippen LogP contribution in [0, 0.1) is 17.1 Å². The molecule has 10 heteroatoms. The number of benzene rings is 2. The maximum Gasteiger partial charge on any atom is 0.268 e. The Balaban J connectivity index is 2.37. The number of hydrogen-bond donors (Lipinski definition) is 2. The highest BCUT2D eigenvalue weighted by Gasteiger charge is 2.22.